The third-order valence-corrected chi connectivity index (χ3v) is 6.72. The van der Waals surface area contributed by atoms with Crippen LogP contribution in [0.15, 0.2) is 78.9 Å². The standard InChI is InChI=1S/C29H32N2O4/c1-19(2)27(28(33)30-21(18-32)16-20-10-4-3-5-11-20)31(29(34)35)17-26-24-14-8-6-12-22(24)23-13-7-9-15-25(23)26/h3-15,19,21,26-27,32H,16-18H2,1-2H3,(H,30,33)(H,34,35)/t21-,27+/m1/s1. The maximum Gasteiger partial charge on any atom is 0.408 e. The normalized spacial score (nSPS) is 14.2. The monoisotopic (exact) mass is 472 g/mol. The molecule has 6 nitrogen and oxygen atoms in total. The summed E-state index contributed by atoms with van der Waals surface area (Å²) in [7, 11) is 0. The minimum atomic E-state index is -1.13. The molecule has 6 heteroatoms. The first-order valence-corrected chi connectivity index (χ1v) is 12.0. The van der Waals surface area contributed by atoms with E-state index in [4.69, 9.17) is 0 Å². The van der Waals surface area contributed by atoms with Crippen LogP contribution in [0.5, 0.6) is 0 Å². The number of carbonyl (C=O) groups excluding carboxylic acids is 1. The summed E-state index contributed by atoms with van der Waals surface area (Å²) in [4.78, 5) is 27.2. The van der Waals surface area contributed by atoms with Crippen molar-refractivity contribution in [3.05, 3.63) is 95.6 Å². The first-order chi connectivity index (χ1) is 16.9. The number of nitrogens with zero attached hydrogens (tertiary/aromatic N) is 1. The molecule has 3 aromatic rings. The van der Waals surface area contributed by atoms with E-state index in [0.29, 0.717) is 6.42 Å². The molecule has 0 saturated heterocycles. The van der Waals surface area contributed by atoms with Crippen molar-refractivity contribution >= 4 is 12.0 Å². The number of benzene rings is 3. The van der Waals surface area contributed by atoms with E-state index in [1.807, 2.05) is 80.6 Å². The molecule has 2 atom stereocenters. The highest BCUT2D eigenvalue weighted by atomic mass is 16.4. The molecule has 1 aliphatic carbocycles. The van der Waals surface area contributed by atoms with E-state index in [1.54, 1.807) is 0 Å². The Bertz CT molecular complexity index is 1130. The summed E-state index contributed by atoms with van der Waals surface area (Å²) in [5, 5.41) is 23.0. The number of carbonyl (C=O) groups is 2. The lowest BCUT2D eigenvalue weighted by molar-refractivity contribution is -0.128. The van der Waals surface area contributed by atoms with Crippen LogP contribution in [0.3, 0.4) is 0 Å². The van der Waals surface area contributed by atoms with E-state index in [9.17, 15) is 19.8 Å². The molecule has 0 bridgehead atoms. The maximum absolute atomic E-state index is 13.4. The number of carboxylic acid groups (broad SMARTS) is 1. The lowest BCUT2D eigenvalue weighted by Gasteiger charge is -2.34. The lowest BCUT2D eigenvalue weighted by atomic mass is 9.93. The summed E-state index contributed by atoms with van der Waals surface area (Å²) in [6, 6.07) is 24.3. The maximum atomic E-state index is 13.4. The van der Waals surface area contributed by atoms with Gasteiger partial charge in [0.2, 0.25) is 5.91 Å². The summed E-state index contributed by atoms with van der Waals surface area (Å²) in [6.07, 6.45) is -0.672. The second-order valence-corrected chi connectivity index (χ2v) is 9.43. The molecule has 0 radical (unpaired) electrons. The minimum Gasteiger partial charge on any atom is -0.465 e. The van der Waals surface area contributed by atoms with Crippen LogP contribution in [-0.2, 0) is 11.2 Å². The number of hydrogen-bond donors (Lipinski definition) is 3. The van der Waals surface area contributed by atoms with E-state index in [2.05, 4.69) is 17.4 Å². The highest BCUT2D eigenvalue weighted by molar-refractivity contribution is 5.86. The summed E-state index contributed by atoms with van der Waals surface area (Å²) in [5.74, 6) is -0.809. The SMILES string of the molecule is CC(C)[C@@H](C(=O)N[C@@H](CO)Cc1ccccc1)N(CC1c2ccccc2-c2ccccc21)C(=O)O. The van der Waals surface area contributed by atoms with Gasteiger partial charge in [0, 0.05) is 12.5 Å². The Morgan fingerprint density at radius 3 is 1.94 bits per heavy atom. The molecule has 0 spiro atoms. The molecule has 0 fully saturated rings. The molecule has 35 heavy (non-hydrogen) atoms. The predicted molar refractivity (Wildman–Crippen MR) is 136 cm³/mol. The van der Waals surface area contributed by atoms with Crippen molar-refractivity contribution in [1.82, 2.24) is 10.2 Å². The Kier molecular flexibility index (Phi) is 7.51. The Labute approximate surface area is 206 Å². The van der Waals surface area contributed by atoms with Crippen LogP contribution in [-0.4, -0.2) is 52.3 Å². The van der Waals surface area contributed by atoms with Crippen molar-refractivity contribution in [2.24, 2.45) is 5.92 Å². The molecular formula is C29H32N2O4. The Morgan fingerprint density at radius 1 is 0.886 bits per heavy atom. The summed E-state index contributed by atoms with van der Waals surface area (Å²) >= 11 is 0. The van der Waals surface area contributed by atoms with Gasteiger partial charge >= 0.3 is 6.09 Å². The molecule has 0 saturated carbocycles. The topological polar surface area (TPSA) is 89.9 Å². The molecule has 182 valence electrons. The highest BCUT2D eigenvalue weighted by Gasteiger charge is 2.38. The molecule has 2 amide bonds. The average Bonchev–Trinajstić information content (AvgIpc) is 3.17. The first kappa shape index (κ1) is 24.5. The van der Waals surface area contributed by atoms with Gasteiger partial charge in [-0.25, -0.2) is 4.79 Å². The van der Waals surface area contributed by atoms with Gasteiger partial charge in [-0.15, -0.1) is 0 Å². The van der Waals surface area contributed by atoms with Gasteiger partial charge in [0.15, 0.2) is 0 Å². The van der Waals surface area contributed by atoms with Crippen molar-refractivity contribution in [2.45, 2.75) is 38.3 Å². The molecule has 0 aliphatic heterocycles. The van der Waals surface area contributed by atoms with Crippen molar-refractivity contribution < 1.29 is 19.8 Å². The zero-order valence-corrected chi connectivity index (χ0v) is 20.1. The van der Waals surface area contributed by atoms with Gasteiger partial charge in [-0.1, -0.05) is 92.7 Å². The molecule has 0 aromatic heterocycles. The van der Waals surface area contributed by atoms with Crippen LogP contribution < -0.4 is 5.32 Å². The van der Waals surface area contributed by atoms with Gasteiger partial charge in [-0.3, -0.25) is 9.69 Å². The largest absolute Gasteiger partial charge is 0.465 e. The van der Waals surface area contributed by atoms with E-state index in [0.717, 1.165) is 27.8 Å². The quantitative estimate of drug-likeness (QED) is 0.427. The van der Waals surface area contributed by atoms with E-state index in [-0.39, 0.29) is 25.0 Å². The molecule has 0 heterocycles. The zero-order valence-electron chi connectivity index (χ0n) is 20.1. The fourth-order valence-corrected chi connectivity index (χ4v) is 5.11. The first-order valence-electron chi connectivity index (χ1n) is 12.0. The van der Waals surface area contributed by atoms with Crippen molar-refractivity contribution in [3.63, 3.8) is 0 Å². The van der Waals surface area contributed by atoms with Crippen LogP contribution in [0.1, 0.15) is 36.5 Å². The molecule has 0 unspecified atom stereocenters. The van der Waals surface area contributed by atoms with Crippen LogP contribution in [0, 0.1) is 5.92 Å². The van der Waals surface area contributed by atoms with Crippen molar-refractivity contribution in [3.8, 4) is 11.1 Å². The summed E-state index contributed by atoms with van der Waals surface area (Å²) in [6.45, 7) is 3.63. The van der Waals surface area contributed by atoms with Gasteiger partial charge in [0.25, 0.3) is 0 Å². The number of fused-ring (bicyclic) bond motifs is 3. The zero-order chi connectivity index (χ0) is 24.9. The van der Waals surface area contributed by atoms with E-state index >= 15 is 0 Å². The van der Waals surface area contributed by atoms with Crippen LogP contribution >= 0.6 is 0 Å². The van der Waals surface area contributed by atoms with Crippen molar-refractivity contribution in [1.29, 1.82) is 0 Å². The second kappa shape index (κ2) is 10.7. The number of aliphatic hydroxyl groups is 1. The second-order valence-electron chi connectivity index (χ2n) is 9.43. The summed E-state index contributed by atoms with van der Waals surface area (Å²) < 4.78 is 0. The average molecular weight is 473 g/mol. The van der Waals surface area contributed by atoms with Gasteiger partial charge in [0.05, 0.1) is 12.6 Å². The number of hydrogen-bond acceptors (Lipinski definition) is 3. The van der Waals surface area contributed by atoms with E-state index in [1.165, 1.54) is 4.90 Å². The van der Waals surface area contributed by atoms with Crippen LogP contribution in [0.25, 0.3) is 11.1 Å². The third kappa shape index (κ3) is 5.23. The minimum absolute atomic E-state index is 0.162. The Morgan fingerprint density at radius 2 is 1.43 bits per heavy atom. The van der Waals surface area contributed by atoms with E-state index < -0.39 is 24.1 Å². The van der Waals surface area contributed by atoms with Gasteiger partial charge in [0.1, 0.15) is 6.04 Å². The Balaban J connectivity index is 1.59. The number of nitrogens with one attached hydrogen (secondary N) is 1. The van der Waals surface area contributed by atoms with Crippen molar-refractivity contribution in [2.75, 3.05) is 13.2 Å². The Hall–Kier alpha value is -3.64. The van der Waals surface area contributed by atoms with Crippen LogP contribution in [0.2, 0.25) is 0 Å². The predicted octanol–water partition coefficient (Wildman–Crippen LogP) is 4.52. The molecule has 3 N–H and O–H groups in total. The fraction of sp³-hybridized carbons (Fsp3) is 0.310. The molecular weight excluding hydrogens is 440 g/mol. The number of aliphatic hydroxyl groups excluding tert-OH is 1. The molecule has 3 aromatic carbocycles. The molecule has 1 aliphatic rings. The van der Waals surface area contributed by atoms with Gasteiger partial charge < -0.3 is 15.5 Å². The van der Waals surface area contributed by atoms with Gasteiger partial charge in [-0.05, 0) is 40.2 Å². The molecule has 4 rings (SSSR count). The number of amides is 2. The lowest BCUT2D eigenvalue weighted by Crippen LogP contribution is -2.55. The third-order valence-electron chi connectivity index (χ3n) is 6.72. The fourth-order valence-electron chi connectivity index (χ4n) is 5.11. The highest BCUT2D eigenvalue weighted by Crippen LogP contribution is 2.45. The smallest absolute Gasteiger partial charge is 0.408 e. The van der Waals surface area contributed by atoms with Gasteiger partial charge in [-0.2, -0.15) is 0 Å². The number of rotatable bonds is 9. The van der Waals surface area contributed by atoms with Crippen LogP contribution in [0.4, 0.5) is 4.79 Å². The summed E-state index contributed by atoms with van der Waals surface area (Å²) in [5.41, 5.74) is 5.34.